The average molecular weight is 456 g/mol. The number of carbonyl (C=O) groups excluding carboxylic acids is 2. The van der Waals surface area contributed by atoms with E-state index < -0.39 is 12.3 Å². The second-order valence-electron chi connectivity index (χ2n) is 8.12. The van der Waals surface area contributed by atoms with Gasteiger partial charge in [-0.2, -0.15) is 0 Å². The highest BCUT2D eigenvalue weighted by atomic mass is 19.3. The van der Waals surface area contributed by atoms with Crippen LogP contribution in [-0.2, 0) is 11.3 Å². The van der Waals surface area contributed by atoms with E-state index in [0.717, 1.165) is 10.9 Å². The first-order valence-electron chi connectivity index (χ1n) is 11.0. The summed E-state index contributed by atoms with van der Waals surface area (Å²) in [5.74, 6) is -0.839. The quantitative estimate of drug-likeness (QED) is 0.699. The van der Waals surface area contributed by atoms with Gasteiger partial charge in [-0.1, -0.05) is 6.92 Å². The third-order valence-corrected chi connectivity index (χ3v) is 5.99. The van der Waals surface area contributed by atoms with E-state index in [0.29, 0.717) is 50.2 Å². The molecule has 0 bridgehead atoms. The third kappa shape index (κ3) is 4.90. The van der Waals surface area contributed by atoms with Crippen LogP contribution in [0.3, 0.4) is 0 Å². The predicted octanol–water partition coefficient (Wildman–Crippen LogP) is 1.06. The van der Waals surface area contributed by atoms with E-state index in [9.17, 15) is 18.4 Å². The molecular weight excluding hydrogens is 430 g/mol. The highest BCUT2D eigenvalue weighted by Crippen LogP contribution is 2.29. The first-order valence-corrected chi connectivity index (χ1v) is 11.0. The molecule has 2 aromatic rings. The van der Waals surface area contributed by atoms with Gasteiger partial charge < -0.3 is 10.2 Å². The topological polar surface area (TPSA) is 90.8 Å². The number of alkyl halides is 2. The molecule has 1 unspecified atom stereocenters. The summed E-state index contributed by atoms with van der Waals surface area (Å²) in [6.07, 6.45) is 1.60. The molecule has 4 rings (SSSR count). The van der Waals surface area contributed by atoms with Crippen LogP contribution in [-0.4, -0.2) is 59.9 Å². The number of hydrogen-bond acceptors (Lipinski definition) is 6. The van der Waals surface area contributed by atoms with Crippen LogP contribution in [0, 0.1) is 5.92 Å². The molecule has 1 atom stereocenters. The molecule has 0 spiro atoms. The molecule has 2 aromatic heterocycles. The van der Waals surface area contributed by atoms with Gasteiger partial charge in [-0.15, -0.1) is 0 Å². The largest absolute Gasteiger partial charge is 0.367 e. The highest BCUT2D eigenvalue weighted by molar-refractivity contribution is 5.92. The van der Waals surface area contributed by atoms with Crippen LogP contribution in [0.4, 0.5) is 14.5 Å². The predicted molar refractivity (Wildman–Crippen MR) is 118 cm³/mol. The molecule has 8 nitrogen and oxygen atoms in total. The van der Waals surface area contributed by atoms with Crippen molar-refractivity contribution in [2.75, 3.05) is 38.1 Å². The van der Waals surface area contributed by atoms with Gasteiger partial charge in [0.1, 0.15) is 11.4 Å². The number of rotatable bonds is 6. The molecule has 1 N–H and O–H groups in total. The molecule has 10 heteroatoms. The van der Waals surface area contributed by atoms with Crippen molar-refractivity contribution in [3.63, 3.8) is 0 Å². The zero-order valence-corrected chi connectivity index (χ0v) is 18.6. The van der Waals surface area contributed by atoms with Crippen LogP contribution in [0.1, 0.15) is 41.5 Å². The summed E-state index contributed by atoms with van der Waals surface area (Å²) in [6, 6.07) is 4.90. The van der Waals surface area contributed by atoms with Gasteiger partial charge in [-0.05, 0) is 36.3 Å². The fourth-order valence-corrected chi connectivity index (χ4v) is 4.12. The fraction of sp³-hybridized carbons (Fsp3) is 0.435. The van der Waals surface area contributed by atoms with Gasteiger partial charge in [0, 0.05) is 46.0 Å². The molecule has 0 saturated carbocycles. The van der Waals surface area contributed by atoms with Crippen molar-refractivity contribution in [2.45, 2.75) is 26.3 Å². The van der Waals surface area contributed by atoms with E-state index in [4.69, 9.17) is 0 Å². The van der Waals surface area contributed by atoms with E-state index in [1.54, 1.807) is 12.3 Å². The molecular formula is C23H26F2N6O2. The lowest BCUT2D eigenvalue weighted by Crippen LogP contribution is -2.46. The van der Waals surface area contributed by atoms with Crippen molar-refractivity contribution in [1.82, 2.24) is 20.2 Å². The van der Waals surface area contributed by atoms with Gasteiger partial charge in [0.25, 0.3) is 18.2 Å². The average Bonchev–Trinajstić information content (AvgIpc) is 2.83. The summed E-state index contributed by atoms with van der Waals surface area (Å²) >= 11 is 0. The molecule has 1 fully saturated rings. The molecule has 2 aliphatic heterocycles. The zero-order chi connectivity index (χ0) is 23.5. The SMILES string of the molecule is CCC1C=c2ncc(CN3CCN(c4ccc(C(=O)NC)nc4C(F)F)CC3)cc2=NC1=O. The highest BCUT2D eigenvalue weighted by Gasteiger charge is 2.25. The summed E-state index contributed by atoms with van der Waals surface area (Å²) in [5.41, 5.74) is 0.899. The van der Waals surface area contributed by atoms with Gasteiger partial charge in [0.2, 0.25) is 0 Å². The molecule has 174 valence electrons. The van der Waals surface area contributed by atoms with Gasteiger partial charge in [-0.3, -0.25) is 19.5 Å². The van der Waals surface area contributed by atoms with Crippen molar-refractivity contribution in [3.8, 4) is 0 Å². The molecule has 0 aromatic carbocycles. The Morgan fingerprint density at radius 3 is 2.67 bits per heavy atom. The zero-order valence-electron chi connectivity index (χ0n) is 18.6. The van der Waals surface area contributed by atoms with Crippen LogP contribution in [0.5, 0.6) is 0 Å². The van der Waals surface area contributed by atoms with Crippen LogP contribution in [0.2, 0.25) is 0 Å². The molecule has 2 aliphatic rings. The Morgan fingerprint density at radius 1 is 1.24 bits per heavy atom. The molecule has 4 heterocycles. The lowest BCUT2D eigenvalue weighted by atomic mass is 10.0. The summed E-state index contributed by atoms with van der Waals surface area (Å²) < 4.78 is 27.3. The van der Waals surface area contributed by atoms with Crippen molar-refractivity contribution < 1.29 is 18.4 Å². The maximum atomic E-state index is 13.6. The van der Waals surface area contributed by atoms with Crippen molar-refractivity contribution in [3.05, 3.63) is 52.1 Å². The summed E-state index contributed by atoms with van der Waals surface area (Å²) in [7, 11) is 1.43. The van der Waals surface area contributed by atoms with Gasteiger partial charge in [0.15, 0.2) is 0 Å². The van der Waals surface area contributed by atoms with E-state index in [1.807, 2.05) is 24.0 Å². The number of carbonyl (C=O) groups is 2. The second-order valence-corrected chi connectivity index (χ2v) is 8.12. The Morgan fingerprint density at radius 2 is 2.00 bits per heavy atom. The maximum Gasteiger partial charge on any atom is 0.282 e. The molecule has 2 amide bonds. The minimum atomic E-state index is -2.78. The van der Waals surface area contributed by atoms with Crippen LogP contribution in [0.15, 0.2) is 29.4 Å². The minimum absolute atomic E-state index is 0.0264. The van der Waals surface area contributed by atoms with Crippen LogP contribution < -0.4 is 20.9 Å². The Kier molecular flexibility index (Phi) is 6.73. The van der Waals surface area contributed by atoms with Crippen molar-refractivity contribution in [2.24, 2.45) is 10.9 Å². The molecule has 1 saturated heterocycles. The monoisotopic (exact) mass is 456 g/mol. The Bertz CT molecular complexity index is 1180. The number of pyridine rings is 2. The fourth-order valence-electron chi connectivity index (χ4n) is 4.12. The first-order chi connectivity index (χ1) is 15.9. The summed E-state index contributed by atoms with van der Waals surface area (Å²) in [5, 5.41) is 3.74. The molecule has 33 heavy (non-hydrogen) atoms. The Balaban J connectivity index is 1.44. The molecule has 0 aliphatic carbocycles. The summed E-state index contributed by atoms with van der Waals surface area (Å²) in [6.45, 7) is 5.00. The molecule has 0 radical (unpaired) electrons. The number of nitrogens with zero attached hydrogens (tertiary/aromatic N) is 5. The van der Waals surface area contributed by atoms with E-state index in [-0.39, 0.29) is 23.2 Å². The third-order valence-electron chi connectivity index (χ3n) is 5.99. The number of fused-ring (bicyclic) bond motifs is 1. The Hall–Kier alpha value is -3.27. The smallest absolute Gasteiger partial charge is 0.282 e. The number of amides is 2. The maximum absolute atomic E-state index is 13.6. The number of anilines is 1. The minimum Gasteiger partial charge on any atom is -0.367 e. The van der Waals surface area contributed by atoms with Crippen molar-refractivity contribution in [1.29, 1.82) is 0 Å². The lowest BCUT2D eigenvalue weighted by molar-refractivity contribution is -0.120. The number of halogens is 2. The normalized spacial score (nSPS) is 18.5. The van der Waals surface area contributed by atoms with E-state index >= 15 is 0 Å². The van der Waals surface area contributed by atoms with Crippen LogP contribution >= 0.6 is 0 Å². The summed E-state index contributed by atoms with van der Waals surface area (Å²) in [4.78, 5) is 40.5. The Labute approximate surface area is 190 Å². The first kappa shape index (κ1) is 22.9. The van der Waals surface area contributed by atoms with Gasteiger partial charge in [-0.25, -0.2) is 18.8 Å². The van der Waals surface area contributed by atoms with Crippen LogP contribution in [0.25, 0.3) is 6.08 Å². The van der Waals surface area contributed by atoms with Crippen molar-refractivity contribution >= 4 is 23.6 Å². The van der Waals surface area contributed by atoms with E-state index in [2.05, 4.69) is 25.2 Å². The van der Waals surface area contributed by atoms with Gasteiger partial charge in [0.05, 0.1) is 22.3 Å². The number of nitrogens with one attached hydrogen (secondary N) is 1. The number of hydrogen-bond donors (Lipinski definition) is 1. The number of aromatic nitrogens is 2. The van der Waals surface area contributed by atoms with E-state index in [1.165, 1.54) is 13.1 Å². The number of piperazine rings is 1. The second kappa shape index (κ2) is 9.70. The van der Waals surface area contributed by atoms with Gasteiger partial charge >= 0.3 is 0 Å². The standard InChI is InChI=1S/C23H26F2N6O2/c1-3-15-11-17-18(29-22(15)32)10-14(12-27-17)13-30-6-8-31(9-7-30)19-5-4-16(23(33)26-2)28-20(19)21(24)25/h4-5,10-12,15,21H,3,6-9,13H2,1-2H3,(H,26,33). The lowest BCUT2D eigenvalue weighted by Gasteiger charge is -2.36.